The summed E-state index contributed by atoms with van der Waals surface area (Å²) in [6, 6.07) is 8.15. The van der Waals surface area contributed by atoms with Gasteiger partial charge in [0.1, 0.15) is 5.75 Å². The van der Waals surface area contributed by atoms with E-state index in [1.807, 2.05) is 24.3 Å². The van der Waals surface area contributed by atoms with E-state index in [-0.39, 0.29) is 12.5 Å². The van der Waals surface area contributed by atoms with E-state index < -0.39 is 0 Å². The Balaban J connectivity index is 1.79. The minimum atomic E-state index is -0.0298. The number of carbonyl (C=O) groups is 1. The van der Waals surface area contributed by atoms with Gasteiger partial charge >= 0.3 is 0 Å². The molecule has 4 nitrogen and oxygen atoms in total. The summed E-state index contributed by atoms with van der Waals surface area (Å²) >= 11 is 0. The van der Waals surface area contributed by atoms with Crippen LogP contribution < -0.4 is 15.4 Å². The number of hydrogen-bond acceptors (Lipinski definition) is 3. The summed E-state index contributed by atoms with van der Waals surface area (Å²) in [4.78, 5) is 11.8. The van der Waals surface area contributed by atoms with Gasteiger partial charge in [0.15, 0.2) is 6.61 Å². The van der Waals surface area contributed by atoms with E-state index in [0.29, 0.717) is 6.04 Å². The van der Waals surface area contributed by atoms with E-state index in [0.717, 1.165) is 43.7 Å². The van der Waals surface area contributed by atoms with E-state index in [9.17, 15) is 4.79 Å². The van der Waals surface area contributed by atoms with Gasteiger partial charge in [0.25, 0.3) is 5.91 Å². The lowest BCUT2D eigenvalue weighted by molar-refractivity contribution is -0.124. The summed E-state index contributed by atoms with van der Waals surface area (Å²) in [5.74, 6) is 0.781. The van der Waals surface area contributed by atoms with Crippen molar-refractivity contribution in [3.05, 3.63) is 29.8 Å². The average molecular weight is 262 g/mol. The van der Waals surface area contributed by atoms with Crippen molar-refractivity contribution in [1.29, 1.82) is 0 Å². The average Bonchev–Trinajstić information content (AvgIpc) is 2.46. The zero-order valence-corrected chi connectivity index (χ0v) is 11.4. The largest absolute Gasteiger partial charge is 0.483 e. The zero-order chi connectivity index (χ0) is 13.5. The van der Waals surface area contributed by atoms with Crippen LogP contribution in [0.1, 0.15) is 25.3 Å². The molecular weight excluding hydrogens is 240 g/mol. The molecule has 0 aromatic heterocycles. The summed E-state index contributed by atoms with van der Waals surface area (Å²) in [6.07, 6.45) is 2.90. The van der Waals surface area contributed by atoms with E-state index in [1.54, 1.807) is 0 Å². The van der Waals surface area contributed by atoms with Crippen molar-refractivity contribution in [2.24, 2.45) is 0 Å². The van der Waals surface area contributed by atoms with Crippen LogP contribution in [0.25, 0.3) is 0 Å². The van der Waals surface area contributed by atoms with Crippen LogP contribution in [0.15, 0.2) is 24.3 Å². The standard InChI is InChI=1S/C15H22N2O2/c1-2-12-5-3-4-6-14(12)19-11-15(18)17-13-7-9-16-10-8-13/h3-6,13,16H,2,7-11H2,1H3,(H,17,18). The Bertz CT molecular complexity index is 414. The van der Waals surface area contributed by atoms with Gasteiger partial charge < -0.3 is 15.4 Å². The Hall–Kier alpha value is -1.55. The normalized spacial score (nSPS) is 16.1. The molecule has 1 saturated heterocycles. The first kappa shape index (κ1) is 13.9. The summed E-state index contributed by atoms with van der Waals surface area (Å²) in [5, 5.41) is 6.30. The Labute approximate surface area is 114 Å². The van der Waals surface area contributed by atoms with Crippen LogP contribution in [-0.4, -0.2) is 31.6 Å². The van der Waals surface area contributed by atoms with Gasteiger partial charge in [-0.15, -0.1) is 0 Å². The second kappa shape index (κ2) is 7.14. The molecule has 0 aliphatic carbocycles. The van der Waals surface area contributed by atoms with Gasteiger partial charge in [-0.05, 0) is 44.0 Å². The molecule has 1 fully saturated rings. The number of ether oxygens (including phenoxy) is 1. The molecule has 2 rings (SSSR count). The highest BCUT2D eigenvalue weighted by Gasteiger charge is 2.15. The second-order valence-electron chi connectivity index (χ2n) is 4.84. The van der Waals surface area contributed by atoms with Gasteiger partial charge in [0.05, 0.1) is 0 Å². The Kier molecular flexibility index (Phi) is 5.21. The van der Waals surface area contributed by atoms with Crippen molar-refractivity contribution in [2.75, 3.05) is 19.7 Å². The van der Waals surface area contributed by atoms with Crippen LogP contribution in [0, 0.1) is 0 Å². The lowest BCUT2D eigenvalue weighted by Crippen LogP contribution is -2.44. The number of aryl methyl sites for hydroxylation is 1. The lowest BCUT2D eigenvalue weighted by atomic mass is 10.1. The highest BCUT2D eigenvalue weighted by atomic mass is 16.5. The SMILES string of the molecule is CCc1ccccc1OCC(=O)NC1CCNCC1. The minimum absolute atomic E-state index is 0.0298. The quantitative estimate of drug-likeness (QED) is 0.845. The highest BCUT2D eigenvalue weighted by Crippen LogP contribution is 2.18. The Morgan fingerprint density at radius 3 is 2.84 bits per heavy atom. The van der Waals surface area contributed by atoms with Gasteiger partial charge in [-0.25, -0.2) is 0 Å². The number of para-hydroxylation sites is 1. The fourth-order valence-electron chi connectivity index (χ4n) is 2.32. The number of rotatable bonds is 5. The van der Waals surface area contributed by atoms with Crippen molar-refractivity contribution in [3.63, 3.8) is 0 Å². The molecular formula is C15H22N2O2. The summed E-state index contributed by atoms with van der Waals surface area (Å²) < 4.78 is 5.60. The van der Waals surface area contributed by atoms with Crippen molar-refractivity contribution >= 4 is 5.91 Å². The molecule has 1 aliphatic heterocycles. The summed E-state index contributed by atoms with van der Waals surface area (Å²) in [6.45, 7) is 4.13. The Morgan fingerprint density at radius 2 is 2.11 bits per heavy atom. The summed E-state index contributed by atoms with van der Waals surface area (Å²) in [5.41, 5.74) is 1.14. The van der Waals surface area contributed by atoms with Gasteiger partial charge in [0, 0.05) is 6.04 Å². The maximum atomic E-state index is 11.8. The zero-order valence-electron chi connectivity index (χ0n) is 11.4. The number of hydrogen-bond donors (Lipinski definition) is 2. The topological polar surface area (TPSA) is 50.4 Å². The molecule has 1 heterocycles. The third-order valence-corrected chi connectivity index (χ3v) is 3.42. The van der Waals surface area contributed by atoms with E-state index in [2.05, 4.69) is 17.6 Å². The predicted octanol–water partition coefficient (Wildman–Crippen LogP) is 1.50. The number of piperidine rings is 1. The summed E-state index contributed by atoms with van der Waals surface area (Å²) in [7, 11) is 0. The van der Waals surface area contributed by atoms with Gasteiger partial charge in [0.2, 0.25) is 0 Å². The first-order valence-corrected chi connectivity index (χ1v) is 7.00. The van der Waals surface area contributed by atoms with E-state index in [4.69, 9.17) is 4.74 Å². The van der Waals surface area contributed by atoms with Gasteiger partial charge in [-0.3, -0.25) is 4.79 Å². The molecule has 0 spiro atoms. The minimum Gasteiger partial charge on any atom is -0.483 e. The second-order valence-corrected chi connectivity index (χ2v) is 4.84. The molecule has 19 heavy (non-hydrogen) atoms. The smallest absolute Gasteiger partial charge is 0.258 e. The molecule has 1 aromatic carbocycles. The number of amides is 1. The van der Waals surface area contributed by atoms with Crippen LogP contribution in [-0.2, 0) is 11.2 Å². The molecule has 4 heteroatoms. The number of benzene rings is 1. The van der Waals surface area contributed by atoms with Crippen molar-refractivity contribution in [2.45, 2.75) is 32.2 Å². The molecule has 0 unspecified atom stereocenters. The molecule has 1 aliphatic rings. The van der Waals surface area contributed by atoms with Crippen molar-refractivity contribution in [1.82, 2.24) is 10.6 Å². The molecule has 0 radical (unpaired) electrons. The van der Waals surface area contributed by atoms with Crippen molar-refractivity contribution in [3.8, 4) is 5.75 Å². The van der Waals surface area contributed by atoms with Crippen LogP contribution in [0.3, 0.4) is 0 Å². The first-order valence-electron chi connectivity index (χ1n) is 7.00. The maximum Gasteiger partial charge on any atom is 0.258 e. The molecule has 1 aromatic rings. The van der Waals surface area contributed by atoms with Gasteiger partial charge in [-0.1, -0.05) is 25.1 Å². The van der Waals surface area contributed by atoms with Gasteiger partial charge in [-0.2, -0.15) is 0 Å². The van der Waals surface area contributed by atoms with Crippen LogP contribution in [0.2, 0.25) is 0 Å². The lowest BCUT2D eigenvalue weighted by Gasteiger charge is -2.23. The number of nitrogens with one attached hydrogen (secondary N) is 2. The first-order chi connectivity index (χ1) is 9.29. The fourth-order valence-corrected chi connectivity index (χ4v) is 2.32. The monoisotopic (exact) mass is 262 g/mol. The van der Waals surface area contributed by atoms with Crippen LogP contribution in [0.5, 0.6) is 5.75 Å². The van der Waals surface area contributed by atoms with E-state index >= 15 is 0 Å². The molecule has 104 valence electrons. The van der Waals surface area contributed by atoms with E-state index in [1.165, 1.54) is 0 Å². The van der Waals surface area contributed by atoms with Crippen LogP contribution >= 0.6 is 0 Å². The Morgan fingerprint density at radius 1 is 1.37 bits per heavy atom. The third-order valence-electron chi connectivity index (χ3n) is 3.42. The number of carbonyl (C=O) groups excluding carboxylic acids is 1. The molecule has 0 saturated carbocycles. The molecule has 0 atom stereocenters. The fraction of sp³-hybridized carbons (Fsp3) is 0.533. The maximum absolute atomic E-state index is 11.8. The molecule has 2 N–H and O–H groups in total. The molecule has 1 amide bonds. The predicted molar refractivity (Wildman–Crippen MR) is 75.3 cm³/mol. The third kappa shape index (κ3) is 4.24. The van der Waals surface area contributed by atoms with Crippen LogP contribution in [0.4, 0.5) is 0 Å². The molecule has 0 bridgehead atoms. The highest BCUT2D eigenvalue weighted by molar-refractivity contribution is 5.77. The van der Waals surface area contributed by atoms with Crippen molar-refractivity contribution < 1.29 is 9.53 Å².